The maximum Gasteiger partial charge on any atom is 0.324 e. The van der Waals surface area contributed by atoms with Crippen LogP contribution >= 0.6 is 0 Å². The van der Waals surface area contributed by atoms with Gasteiger partial charge in [0.25, 0.3) is 0 Å². The largest absolute Gasteiger partial charge is 0.468 e. The topological polar surface area (TPSA) is 80.7 Å². The van der Waals surface area contributed by atoms with Crippen LogP contribution in [0.3, 0.4) is 0 Å². The molecule has 31 heavy (non-hydrogen) atoms. The van der Waals surface area contributed by atoms with Gasteiger partial charge in [0.05, 0.1) is 19.1 Å². The van der Waals surface area contributed by atoms with Crippen molar-refractivity contribution in [2.24, 2.45) is 44.8 Å². The summed E-state index contributed by atoms with van der Waals surface area (Å²) < 4.78 is 5.30. The molecule has 5 nitrogen and oxygen atoms in total. The van der Waals surface area contributed by atoms with Crippen molar-refractivity contribution >= 4 is 17.5 Å². The summed E-state index contributed by atoms with van der Waals surface area (Å²) in [5.74, 6) is -1.64. The number of aliphatic hydroxyl groups excluding tert-OH is 1. The number of esters is 1. The first-order valence-electron chi connectivity index (χ1n) is 11.7. The second kappa shape index (κ2) is 6.30. The molecule has 5 heteroatoms. The van der Waals surface area contributed by atoms with Gasteiger partial charge in [0.2, 0.25) is 0 Å². The van der Waals surface area contributed by atoms with Gasteiger partial charge in [-0.3, -0.25) is 14.4 Å². The third-order valence-electron chi connectivity index (χ3n) is 10.8. The number of ketones is 2. The van der Waals surface area contributed by atoms with Crippen LogP contribution in [-0.4, -0.2) is 35.9 Å². The van der Waals surface area contributed by atoms with E-state index in [0.29, 0.717) is 24.8 Å². The molecule has 172 valence electrons. The van der Waals surface area contributed by atoms with Crippen molar-refractivity contribution in [3.63, 3.8) is 0 Å². The fraction of sp³-hybridized carbons (Fsp3) is 0.808. The number of ether oxygens (including phenoxy) is 1. The standard InChI is InChI=1S/C26H38O5/c1-14-19(28)24(6)13-17-23(5)11-10-18(27)22(3,4)16(23)9-12-25(17,7)26(15(24)2,20(14)29)21(30)31-8/h14,16-18,27H,2,9-13H2,1,3-8H3/t14-,16-,17+,18-,23-,24-,25+,26+/m1/s1. The van der Waals surface area contributed by atoms with Crippen LogP contribution in [0.25, 0.3) is 0 Å². The highest BCUT2D eigenvalue weighted by atomic mass is 16.5. The molecule has 0 aromatic carbocycles. The third kappa shape index (κ3) is 2.24. The summed E-state index contributed by atoms with van der Waals surface area (Å²) in [6, 6.07) is 0. The molecular weight excluding hydrogens is 392 g/mol. The average molecular weight is 431 g/mol. The number of rotatable bonds is 1. The molecule has 0 aromatic heterocycles. The van der Waals surface area contributed by atoms with Crippen LogP contribution < -0.4 is 0 Å². The van der Waals surface area contributed by atoms with E-state index in [9.17, 15) is 19.5 Å². The van der Waals surface area contributed by atoms with Crippen LogP contribution in [0.4, 0.5) is 0 Å². The molecule has 4 saturated carbocycles. The lowest BCUT2D eigenvalue weighted by Gasteiger charge is -2.71. The van der Waals surface area contributed by atoms with Crippen molar-refractivity contribution in [2.75, 3.05) is 7.11 Å². The Morgan fingerprint density at radius 1 is 1.03 bits per heavy atom. The summed E-state index contributed by atoms with van der Waals surface area (Å²) in [5.41, 5.74) is -3.13. The molecular formula is C26H38O5. The fourth-order valence-electron chi connectivity index (χ4n) is 8.95. The minimum atomic E-state index is -1.50. The van der Waals surface area contributed by atoms with E-state index in [1.807, 2.05) is 6.92 Å². The van der Waals surface area contributed by atoms with Crippen LogP contribution in [-0.2, 0) is 19.1 Å². The zero-order chi connectivity index (χ0) is 23.4. The molecule has 0 radical (unpaired) electrons. The predicted molar refractivity (Wildman–Crippen MR) is 117 cm³/mol. The lowest BCUT2D eigenvalue weighted by atomic mass is 9.30. The Balaban J connectivity index is 2.00. The van der Waals surface area contributed by atoms with Gasteiger partial charge in [-0.25, -0.2) is 0 Å². The van der Waals surface area contributed by atoms with Gasteiger partial charge < -0.3 is 9.84 Å². The summed E-state index contributed by atoms with van der Waals surface area (Å²) in [4.78, 5) is 40.9. The van der Waals surface area contributed by atoms with Gasteiger partial charge in [0, 0.05) is 5.41 Å². The molecule has 0 spiro atoms. The van der Waals surface area contributed by atoms with Crippen LogP contribution in [0.5, 0.6) is 0 Å². The van der Waals surface area contributed by atoms with E-state index in [1.165, 1.54) is 7.11 Å². The molecule has 8 atom stereocenters. The van der Waals surface area contributed by atoms with E-state index in [0.717, 1.165) is 12.8 Å². The van der Waals surface area contributed by atoms with Gasteiger partial charge in [-0.05, 0) is 79.6 Å². The second-order valence-electron chi connectivity index (χ2n) is 12.1. The van der Waals surface area contributed by atoms with Gasteiger partial charge in [-0.1, -0.05) is 34.3 Å². The van der Waals surface area contributed by atoms with E-state index in [4.69, 9.17) is 4.74 Å². The molecule has 1 N–H and O–H groups in total. The van der Waals surface area contributed by atoms with Crippen molar-refractivity contribution in [2.45, 2.75) is 79.8 Å². The smallest absolute Gasteiger partial charge is 0.324 e. The van der Waals surface area contributed by atoms with Crippen LogP contribution in [0.2, 0.25) is 0 Å². The minimum Gasteiger partial charge on any atom is -0.468 e. The van der Waals surface area contributed by atoms with Gasteiger partial charge >= 0.3 is 5.97 Å². The Morgan fingerprint density at radius 2 is 1.65 bits per heavy atom. The maximum atomic E-state index is 13.9. The van der Waals surface area contributed by atoms with Gasteiger partial charge in [0.1, 0.15) is 0 Å². The van der Waals surface area contributed by atoms with E-state index in [-0.39, 0.29) is 40.3 Å². The predicted octanol–water partition coefficient (Wildman–Crippen LogP) is 4.12. The molecule has 4 aliphatic rings. The highest BCUT2D eigenvalue weighted by Gasteiger charge is 2.78. The first-order chi connectivity index (χ1) is 14.2. The Morgan fingerprint density at radius 3 is 2.23 bits per heavy atom. The number of carbonyl (C=O) groups excluding carboxylic acids is 3. The molecule has 0 saturated heterocycles. The van der Waals surface area contributed by atoms with Gasteiger partial charge in [-0.2, -0.15) is 0 Å². The van der Waals surface area contributed by atoms with Crippen molar-refractivity contribution in [3.8, 4) is 0 Å². The fourth-order valence-corrected chi connectivity index (χ4v) is 8.95. The van der Waals surface area contributed by atoms with E-state index >= 15 is 0 Å². The molecule has 0 heterocycles. The summed E-state index contributed by atoms with van der Waals surface area (Å²) >= 11 is 0. The molecule has 4 rings (SSSR count). The monoisotopic (exact) mass is 430 g/mol. The van der Waals surface area contributed by atoms with Crippen molar-refractivity contribution in [1.82, 2.24) is 0 Å². The van der Waals surface area contributed by atoms with Crippen LogP contribution in [0, 0.1) is 44.8 Å². The average Bonchev–Trinajstić information content (AvgIpc) is 2.71. The third-order valence-corrected chi connectivity index (χ3v) is 10.8. The normalized spacial score (nSPS) is 51.0. The summed E-state index contributed by atoms with van der Waals surface area (Å²) in [6.07, 6.45) is 3.23. The Kier molecular flexibility index (Phi) is 4.61. The number of carbonyl (C=O) groups is 3. The highest BCUT2D eigenvalue weighted by Crippen LogP contribution is 2.76. The maximum absolute atomic E-state index is 13.9. The lowest BCUT2D eigenvalue weighted by molar-refractivity contribution is -0.225. The number of methoxy groups -OCH3 is 1. The lowest BCUT2D eigenvalue weighted by Crippen LogP contribution is -2.73. The quantitative estimate of drug-likeness (QED) is 0.384. The van der Waals surface area contributed by atoms with Crippen molar-refractivity contribution in [1.29, 1.82) is 0 Å². The number of hydrogen-bond donors (Lipinski definition) is 1. The summed E-state index contributed by atoms with van der Waals surface area (Å²) in [6.45, 7) is 16.4. The number of Topliss-reactive ketones (excluding diaryl/α,β-unsaturated/α-hetero) is 2. The molecule has 0 unspecified atom stereocenters. The van der Waals surface area contributed by atoms with Crippen LogP contribution in [0.1, 0.15) is 73.6 Å². The van der Waals surface area contributed by atoms with Crippen molar-refractivity contribution in [3.05, 3.63) is 12.2 Å². The first-order valence-corrected chi connectivity index (χ1v) is 11.7. The second-order valence-corrected chi connectivity index (χ2v) is 12.1. The molecule has 0 amide bonds. The van der Waals surface area contributed by atoms with E-state index < -0.39 is 28.1 Å². The zero-order valence-corrected chi connectivity index (χ0v) is 20.1. The number of hydrogen-bond acceptors (Lipinski definition) is 5. The van der Waals surface area contributed by atoms with Gasteiger partial charge in [-0.15, -0.1) is 0 Å². The highest BCUT2D eigenvalue weighted by molar-refractivity contribution is 6.21. The van der Waals surface area contributed by atoms with Gasteiger partial charge in [0.15, 0.2) is 17.0 Å². The Bertz CT molecular complexity index is 888. The molecule has 2 bridgehead atoms. The summed E-state index contributed by atoms with van der Waals surface area (Å²) in [5, 5.41) is 10.8. The Labute approximate surface area is 186 Å². The van der Waals surface area contributed by atoms with E-state index in [2.05, 4.69) is 34.3 Å². The molecule has 4 fully saturated rings. The first kappa shape index (κ1) is 22.7. The van der Waals surface area contributed by atoms with Crippen molar-refractivity contribution < 1.29 is 24.2 Å². The minimum absolute atomic E-state index is 0.0273. The number of fused-ring (bicyclic) bond motifs is 6. The molecule has 0 aromatic rings. The van der Waals surface area contributed by atoms with E-state index in [1.54, 1.807) is 6.92 Å². The Hall–Kier alpha value is -1.49. The number of aliphatic hydroxyl groups is 1. The summed E-state index contributed by atoms with van der Waals surface area (Å²) in [7, 11) is 1.33. The molecule has 4 aliphatic carbocycles. The zero-order valence-electron chi connectivity index (χ0n) is 20.1. The van der Waals surface area contributed by atoms with Crippen LogP contribution in [0.15, 0.2) is 12.2 Å². The molecule has 0 aliphatic heterocycles. The SMILES string of the molecule is C=C1[C@@]2(C)C[C@H]3[C@]4(C)CC[C@@H](O)C(C)(C)[C@H]4CC[C@]3(C)[C@]1(C(=O)OC)C(=O)[C@H](C)C2=O.